The van der Waals surface area contributed by atoms with E-state index in [1.54, 1.807) is 0 Å². The Morgan fingerprint density at radius 1 is 1.38 bits per heavy atom. The van der Waals surface area contributed by atoms with Crippen LogP contribution in [0.1, 0.15) is 52.4 Å². The highest BCUT2D eigenvalue weighted by Crippen LogP contribution is 2.42. The highest BCUT2D eigenvalue weighted by molar-refractivity contribution is 4.96. The first-order valence-electron chi connectivity index (χ1n) is 7.10. The van der Waals surface area contributed by atoms with Crippen molar-refractivity contribution >= 4 is 0 Å². The van der Waals surface area contributed by atoms with Crippen LogP contribution in [0, 0.1) is 17.8 Å². The van der Waals surface area contributed by atoms with Gasteiger partial charge in [-0.25, -0.2) is 0 Å². The van der Waals surface area contributed by atoms with Crippen molar-refractivity contribution in [1.82, 2.24) is 5.32 Å². The molecule has 4 atom stereocenters. The van der Waals surface area contributed by atoms with Crippen molar-refractivity contribution in [2.75, 3.05) is 13.1 Å². The minimum absolute atomic E-state index is 0.376. The lowest BCUT2D eigenvalue weighted by atomic mass is 9.65. The molecule has 1 saturated carbocycles. The third kappa shape index (κ3) is 2.28. The molecule has 1 heterocycles. The third-order valence-electron chi connectivity index (χ3n) is 5.07. The van der Waals surface area contributed by atoms with Crippen LogP contribution in [0.4, 0.5) is 0 Å². The second-order valence-electron chi connectivity index (χ2n) is 5.98. The molecule has 2 rings (SSSR count). The van der Waals surface area contributed by atoms with E-state index in [0.29, 0.717) is 11.8 Å². The standard InChI is InChI=1S/C14H27NO/c1-3-12-5-4-6-13(9-12)14(16)7-8-15-10-11(14)2/h11-13,15-16H,3-10H2,1-2H3. The molecular formula is C14H27NO. The van der Waals surface area contributed by atoms with E-state index < -0.39 is 0 Å². The molecule has 2 aliphatic rings. The molecule has 0 amide bonds. The fraction of sp³-hybridized carbons (Fsp3) is 1.00. The molecule has 2 N–H and O–H groups in total. The molecule has 4 unspecified atom stereocenters. The van der Waals surface area contributed by atoms with Gasteiger partial charge in [-0.2, -0.15) is 0 Å². The molecular weight excluding hydrogens is 198 g/mol. The summed E-state index contributed by atoms with van der Waals surface area (Å²) in [6, 6.07) is 0. The van der Waals surface area contributed by atoms with E-state index in [1.165, 1.54) is 32.1 Å². The van der Waals surface area contributed by atoms with Crippen molar-refractivity contribution in [2.45, 2.75) is 58.0 Å². The van der Waals surface area contributed by atoms with E-state index in [9.17, 15) is 5.11 Å². The number of piperidine rings is 1. The van der Waals surface area contributed by atoms with Gasteiger partial charge in [0.05, 0.1) is 5.60 Å². The molecule has 1 aliphatic carbocycles. The van der Waals surface area contributed by atoms with E-state index in [1.807, 2.05) is 0 Å². The number of hydrogen-bond donors (Lipinski definition) is 2. The van der Waals surface area contributed by atoms with E-state index in [2.05, 4.69) is 19.2 Å². The van der Waals surface area contributed by atoms with Crippen molar-refractivity contribution in [3.8, 4) is 0 Å². The molecule has 0 aromatic carbocycles. The minimum atomic E-state index is -0.376. The third-order valence-corrected chi connectivity index (χ3v) is 5.07. The summed E-state index contributed by atoms with van der Waals surface area (Å²) in [5.41, 5.74) is -0.376. The largest absolute Gasteiger partial charge is 0.389 e. The number of hydrogen-bond acceptors (Lipinski definition) is 2. The Labute approximate surface area is 99.8 Å². The predicted molar refractivity (Wildman–Crippen MR) is 67.3 cm³/mol. The molecule has 2 fully saturated rings. The normalized spacial score (nSPS) is 45.6. The first kappa shape index (κ1) is 12.4. The summed E-state index contributed by atoms with van der Waals surface area (Å²) in [6.07, 6.45) is 7.46. The Hall–Kier alpha value is -0.0800. The van der Waals surface area contributed by atoms with Crippen LogP contribution in [0.25, 0.3) is 0 Å². The first-order valence-corrected chi connectivity index (χ1v) is 7.10. The van der Waals surface area contributed by atoms with Crippen LogP contribution < -0.4 is 5.32 Å². The van der Waals surface area contributed by atoms with Gasteiger partial charge in [0.2, 0.25) is 0 Å². The zero-order valence-electron chi connectivity index (χ0n) is 10.8. The Kier molecular flexibility index (Phi) is 3.91. The van der Waals surface area contributed by atoms with Crippen LogP contribution in [0.15, 0.2) is 0 Å². The summed E-state index contributed by atoms with van der Waals surface area (Å²) in [4.78, 5) is 0. The summed E-state index contributed by atoms with van der Waals surface area (Å²) in [5, 5.41) is 14.3. The van der Waals surface area contributed by atoms with Gasteiger partial charge in [0.25, 0.3) is 0 Å². The molecule has 0 radical (unpaired) electrons. The number of rotatable bonds is 2. The highest BCUT2D eigenvalue weighted by atomic mass is 16.3. The van der Waals surface area contributed by atoms with E-state index in [-0.39, 0.29) is 5.60 Å². The maximum atomic E-state index is 10.9. The summed E-state index contributed by atoms with van der Waals surface area (Å²) in [7, 11) is 0. The van der Waals surface area contributed by atoms with Gasteiger partial charge in [0, 0.05) is 6.54 Å². The van der Waals surface area contributed by atoms with Gasteiger partial charge >= 0.3 is 0 Å². The molecule has 94 valence electrons. The van der Waals surface area contributed by atoms with Crippen molar-refractivity contribution in [3.05, 3.63) is 0 Å². The van der Waals surface area contributed by atoms with Crippen LogP contribution in [0.2, 0.25) is 0 Å². The molecule has 2 heteroatoms. The summed E-state index contributed by atoms with van der Waals surface area (Å²) in [6.45, 7) is 6.49. The summed E-state index contributed by atoms with van der Waals surface area (Å²) in [5.74, 6) is 1.84. The summed E-state index contributed by atoms with van der Waals surface area (Å²) >= 11 is 0. The molecule has 0 aromatic rings. The molecule has 1 saturated heterocycles. The Morgan fingerprint density at radius 2 is 2.19 bits per heavy atom. The molecule has 1 aliphatic heterocycles. The van der Waals surface area contributed by atoms with Crippen LogP contribution in [-0.2, 0) is 0 Å². The van der Waals surface area contributed by atoms with Gasteiger partial charge in [-0.1, -0.05) is 33.1 Å². The van der Waals surface area contributed by atoms with Crippen molar-refractivity contribution in [3.63, 3.8) is 0 Å². The van der Waals surface area contributed by atoms with E-state index in [0.717, 1.165) is 25.4 Å². The summed E-state index contributed by atoms with van der Waals surface area (Å²) < 4.78 is 0. The quantitative estimate of drug-likeness (QED) is 0.757. The molecule has 0 spiro atoms. The van der Waals surface area contributed by atoms with Crippen molar-refractivity contribution < 1.29 is 5.11 Å². The van der Waals surface area contributed by atoms with Gasteiger partial charge in [-0.15, -0.1) is 0 Å². The molecule has 16 heavy (non-hydrogen) atoms. The molecule has 2 nitrogen and oxygen atoms in total. The van der Waals surface area contributed by atoms with Gasteiger partial charge < -0.3 is 10.4 Å². The number of nitrogens with one attached hydrogen (secondary N) is 1. The van der Waals surface area contributed by atoms with Gasteiger partial charge in [-0.05, 0) is 43.6 Å². The topological polar surface area (TPSA) is 32.3 Å². The monoisotopic (exact) mass is 225 g/mol. The SMILES string of the molecule is CCC1CCCC(C2(O)CCNCC2C)C1. The van der Waals surface area contributed by atoms with Crippen LogP contribution >= 0.6 is 0 Å². The second kappa shape index (κ2) is 5.05. The molecule has 0 bridgehead atoms. The maximum absolute atomic E-state index is 10.9. The van der Waals surface area contributed by atoms with Gasteiger partial charge in [0.15, 0.2) is 0 Å². The average molecular weight is 225 g/mol. The van der Waals surface area contributed by atoms with Crippen molar-refractivity contribution in [1.29, 1.82) is 0 Å². The van der Waals surface area contributed by atoms with Crippen molar-refractivity contribution in [2.24, 2.45) is 17.8 Å². The lowest BCUT2D eigenvalue weighted by Crippen LogP contribution is -2.54. The number of aliphatic hydroxyl groups is 1. The maximum Gasteiger partial charge on any atom is 0.0725 e. The zero-order valence-corrected chi connectivity index (χ0v) is 10.8. The fourth-order valence-electron chi connectivity index (χ4n) is 3.75. The van der Waals surface area contributed by atoms with Crippen LogP contribution in [-0.4, -0.2) is 23.8 Å². The Balaban J connectivity index is 2.03. The van der Waals surface area contributed by atoms with Gasteiger partial charge in [0.1, 0.15) is 0 Å². The van der Waals surface area contributed by atoms with Gasteiger partial charge in [-0.3, -0.25) is 0 Å². The van der Waals surface area contributed by atoms with Crippen LogP contribution in [0.5, 0.6) is 0 Å². The van der Waals surface area contributed by atoms with E-state index in [4.69, 9.17) is 0 Å². The predicted octanol–water partition coefficient (Wildman–Crippen LogP) is 2.56. The highest BCUT2D eigenvalue weighted by Gasteiger charge is 2.44. The van der Waals surface area contributed by atoms with Crippen LogP contribution in [0.3, 0.4) is 0 Å². The Bertz CT molecular complexity index is 231. The lowest BCUT2D eigenvalue weighted by molar-refractivity contribution is -0.0984. The minimum Gasteiger partial charge on any atom is -0.389 e. The second-order valence-corrected chi connectivity index (χ2v) is 5.98. The zero-order chi connectivity index (χ0) is 11.6. The first-order chi connectivity index (χ1) is 7.66. The average Bonchev–Trinajstić information content (AvgIpc) is 2.33. The fourth-order valence-corrected chi connectivity index (χ4v) is 3.75. The Morgan fingerprint density at radius 3 is 2.88 bits per heavy atom. The molecule has 0 aromatic heterocycles. The van der Waals surface area contributed by atoms with E-state index >= 15 is 0 Å². The smallest absolute Gasteiger partial charge is 0.0725 e. The lowest BCUT2D eigenvalue weighted by Gasteiger charge is -2.47.